The van der Waals surface area contributed by atoms with E-state index >= 15 is 0 Å². The second-order valence-corrected chi connectivity index (χ2v) is 6.00. The van der Waals surface area contributed by atoms with Crippen molar-refractivity contribution in [3.63, 3.8) is 0 Å². The van der Waals surface area contributed by atoms with Gasteiger partial charge in [0.25, 0.3) is 0 Å². The lowest BCUT2D eigenvalue weighted by Crippen LogP contribution is -2.11. The van der Waals surface area contributed by atoms with Crippen molar-refractivity contribution in [2.45, 2.75) is 57.1 Å². The van der Waals surface area contributed by atoms with E-state index in [0.717, 1.165) is 11.0 Å². The summed E-state index contributed by atoms with van der Waals surface area (Å²) < 4.78 is 7.22. The van der Waals surface area contributed by atoms with E-state index in [2.05, 4.69) is 34.2 Å². The maximum absolute atomic E-state index is 5.67. The predicted molar refractivity (Wildman–Crippen MR) is 76.2 cm³/mol. The minimum Gasteiger partial charge on any atom is -0.339 e. The first kappa shape index (κ1) is 15.0. The first-order valence-corrected chi connectivity index (χ1v) is 7.60. The number of aromatic nitrogens is 5. The highest BCUT2D eigenvalue weighted by molar-refractivity contribution is 7.98. The maximum atomic E-state index is 5.67. The second-order valence-electron chi connectivity index (χ2n) is 5.06. The molecule has 0 radical (unpaired) electrons. The second kappa shape index (κ2) is 6.36. The lowest BCUT2D eigenvalue weighted by atomic mass is 10.2. The summed E-state index contributed by atoms with van der Waals surface area (Å²) in [6.45, 7) is 8.59. The highest BCUT2D eigenvalue weighted by Gasteiger charge is 2.16. The molecule has 0 bridgehead atoms. The molecular formula is C12H20N6OS. The van der Waals surface area contributed by atoms with Crippen LogP contribution in [0.15, 0.2) is 9.68 Å². The van der Waals surface area contributed by atoms with Crippen LogP contribution < -0.4 is 5.73 Å². The Balaban J connectivity index is 2.08. The molecule has 0 aromatic carbocycles. The number of thioether (sulfide) groups is 1. The van der Waals surface area contributed by atoms with Crippen LogP contribution in [0.3, 0.4) is 0 Å². The molecule has 0 unspecified atom stereocenters. The standard InChI is InChI=1S/C12H20N6OS/c1-7(2)11-14-9(17-19-11)6-20-12-16-15-10(5-13)18(12)8(3)4/h7-8H,5-6,13H2,1-4H3. The number of nitrogens with zero attached hydrogens (tertiary/aromatic N) is 5. The van der Waals surface area contributed by atoms with Crippen LogP contribution in [0.2, 0.25) is 0 Å². The van der Waals surface area contributed by atoms with Crippen LogP contribution in [0.4, 0.5) is 0 Å². The van der Waals surface area contributed by atoms with Crippen molar-refractivity contribution < 1.29 is 4.52 Å². The molecule has 0 aliphatic rings. The summed E-state index contributed by atoms with van der Waals surface area (Å²) in [5.74, 6) is 2.97. The van der Waals surface area contributed by atoms with Crippen molar-refractivity contribution in [2.75, 3.05) is 0 Å². The minimum atomic E-state index is 0.240. The van der Waals surface area contributed by atoms with Gasteiger partial charge in [0.15, 0.2) is 11.0 Å². The quantitative estimate of drug-likeness (QED) is 0.815. The van der Waals surface area contributed by atoms with E-state index in [1.165, 1.54) is 11.8 Å². The molecule has 0 saturated carbocycles. The molecule has 20 heavy (non-hydrogen) atoms. The van der Waals surface area contributed by atoms with Crippen molar-refractivity contribution in [1.82, 2.24) is 24.9 Å². The summed E-state index contributed by atoms with van der Waals surface area (Å²) in [6.07, 6.45) is 0. The normalized spacial score (nSPS) is 11.8. The van der Waals surface area contributed by atoms with E-state index < -0.39 is 0 Å². The van der Waals surface area contributed by atoms with Gasteiger partial charge in [-0.3, -0.25) is 0 Å². The van der Waals surface area contributed by atoms with Crippen LogP contribution in [-0.2, 0) is 12.3 Å². The van der Waals surface area contributed by atoms with E-state index in [1.54, 1.807) is 0 Å². The Kier molecular flexibility index (Phi) is 4.77. The first-order valence-electron chi connectivity index (χ1n) is 6.62. The van der Waals surface area contributed by atoms with Crippen molar-refractivity contribution in [3.05, 3.63) is 17.5 Å². The van der Waals surface area contributed by atoms with E-state index in [9.17, 15) is 0 Å². The number of nitrogens with two attached hydrogens (primary N) is 1. The highest BCUT2D eigenvalue weighted by atomic mass is 32.2. The third-order valence-electron chi connectivity index (χ3n) is 2.74. The Morgan fingerprint density at radius 1 is 1.25 bits per heavy atom. The Morgan fingerprint density at radius 2 is 2.00 bits per heavy atom. The Labute approximate surface area is 122 Å². The smallest absolute Gasteiger partial charge is 0.229 e. The monoisotopic (exact) mass is 296 g/mol. The van der Waals surface area contributed by atoms with Gasteiger partial charge in [0, 0.05) is 12.0 Å². The third kappa shape index (κ3) is 3.18. The fourth-order valence-electron chi connectivity index (χ4n) is 1.75. The zero-order valence-corrected chi connectivity index (χ0v) is 13.0. The molecule has 0 fully saturated rings. The minimum absolute atomic E-state index is 0.240. The van der Waals surface area contributed by atoms with Crippen molar-refractivity contribution in [1.29, 1.82) is 0 Å². The summed E-state index contributed by atoms with van der Waals surface area (Å²) in [5, 5.41) is 13.1. The SMILES string of the molecule is CC(C)c1nc(CSc2nnc(CN)n2C(C)C)no1. The van der Waals surface area contributed by atoms with Crippen molar-refractivity contribution in [2.24, 2.45) is 5.73 Å². The number of rotatable bonds is 6. The summed E-state index contributed by atoms with van der Waals surface area (Å²) in [6, 6.07) is 0.266. The maximum Gasteiger partial charge on any atom is 0.229 e. The summed E-state index contributed by atoms with van der Waals surface area (Å²) in [7, 11) is 0. The average molecular weight is 296 g/mol. The molecular weight excluding hydrogens is 276 g/mol. The lowest BCUT2D eigenvalue weighted by molar-refractivity contribution is 0.362. The molecule has 0 spiro atoms. The van der Waals surface area contributed by atoms with Gasteiger partial charge in [0.1, 0.15) is 5.82 Å². The van der Waals surface area contributed by atoms with Gasteiger partial charge < -0.3 is 14.8 Å². The van der Waals surface area contributed by atoms with E-state index in [1.807, 2.05) is 18.4 Å². The average Bonchev–Trinajstić information content (AvgIpc) is 3.02. The Morgan fingerprint density at radius 3 is 2.55 bits per heavy atom. The molecule has 8 heteroatoms. The zero-order valence-electron chi connectivity index (χ0n) is 12.2. The lowest BCUT2D eigenvalue weighted by Gasteiger charge is -2.12. The molecule has 7 nitrogen and oxygen atoms in total. The van der Waals surface area contributed by atoms with Crippen LogP contribution in [0.1, 0.15) is 57.2 Å². The third-order valence-corrected chi connectivity index (χ3v) is 3.68. The van der Waals surface area contributed by atoms with Crippen LogP contribution in [-0.4, -0.2) is 24.9 Å². The Hall–Kier alpha value is -1.41. The molecule has 0 aliphatic heterocycles. The largest absolute Gasteiger partial charge is 0.339 e. The van der Waals surface area contributed by atoms with Crippen LogP contribution in [0.5, 0.6) is 0 Å². The molecule has 2 aromatic rings. The van der Waals surface area contributed by atoms with Crippen molar-refractivity contribution in [3.8, 4) is 0 Å². The topological polar surface area (TPSA) is 95.7 Å². The molecule has 0 amide bonds. The van der Waals surface area contributed by atoms with E-state index in [-0.39, 0.29) is 12.0 Å². The van der Waals surface area contributed by atoms with Gasteiger partial charge in [0.2, 0.25) is 5.89 Å². The van der Waals surface area contributed by atoms with E-state index in [0.29, 0.717) is 24.0 Å². The summed E-state index contributed by atoms with van der Waals surface area (Å²) >= 11 is 1.54. The van der Waals surface area contributed by atoms with Crippen LogP contribution >= 0.6 is 11.8 Å². The van der Waals surface area contributed by atoms with Crippen LogP contribution in [0, 0.1) is 0 Å². The Bertz CT molecular complexity index is 562. The molecule has 2 N–H and O–H groups in total. The van der Waals surface area contributed by atoms with E-state index in [4.69, 9.17) is 10.3 Å². The van der Waals surface area contributed by atoms with Gasteiger partial charge in [-0.05, 0) is 13.8 Å². The molecule has 2 heterocycles. The van der Waals surface area contributed by atoms with Crippen molar-refractivity contribution >= 4 is 11.8 Å². The molecule has 0 saturated heterocycles. The molecule has 2 aromatic heterocycles. The van der Waals surface area contributed by atoms with Gasteiger partial charge in [0.05, 0.1) is 12.3 Å². The summed E-state index contributed by atoms with van der Waals surface area (Å²) in [4.78, 5) is 4.35. The molecule has 110 valence electrons. The fraction of sp³-hybridized carbons (Fsp3) is 0.667. The number of hydrogen-bond acceptors (Lipinski definition) is 7. The first-order chi connectivity index (χ1) is 9.52. The molecule has 2 rings (SSSR count). The molecule has 0 atom stereocenters. The van der Waals surface area contributed by atoms with Crippen LogP contribution in [0.25, 0.3) is 0 Å². The van der Waals surface area contributed by atoms with Gasteiger partial charge in [-0.25, -0.2) is 0 Å². The molecule has 0 aliphatic carbocycles. The number of hydrogen-bond donors (Lipinski definition) is 1. The predicted octanol–water partition coefficient (Wildman–Crippen LogP) is 2.12. The van der Waals surface area contributed by atoms with Gasteiger partial charge >= 0.3 is 0 Å². The summed E-state index contributed by atoms with van der Waals surface area (Å²) in [5.41, 5.74) is 5.67. The van der Waals surface area contributed by atoms with Gasteiger partial charge in [-0.2, -0.15) is 4.98 Å². The van der Waals surface area contributed by atoms with Gasteiger partial charge in [-0.1, -0.05) is 30.8 Å². The van der Waals surface area contributed by atoms with Gasteiger partial charge in [-0.15, -0.1) is 10.2 Å². The highest BCUT2D eigenvalue weighted by Crippen LogP contribution is 2.24. The zero-order chi connectivity index (χ0) is 14.7. The fourth-order valence-corrected chi connectivity index (χ4v) is 2.68.